The minimum atomic E-state index is -4.49. The van der Waals surface area contributed by atoms with Gasteiger partial charge in [-0.3, -0.25) is 4.79 Å². The molecule has 0 saturated heterocycles. The van der Waals surface area contributed by atoms with Gasteiger partial charge in [0.05, 0.1) is 22.3 Å². The van der Waals surface area contributed by atoms with Crippen molar-refractivity contribution in [3.8, 4) is 11.6 Å². The van der Waals surface area contributed by atoms with Gasteiger partial charge >= 0.3 is 6.18 Å². The monoisotopic (exact) mass is 425 g/mol. The van der Waals surface area contributed by atoms with Gasteiger partial charge in [-0.15, -0.1) is 0 Å². The highest BCUT2D eigenvalue weighted by molar-refractivity contribution is 6.42. The van der Waals surface area contributed by atoms with E-state index in [4.69, 9.17) is 9.15 Å². The smallest absolute Gasteiger partial charge is 0.417 e. The molecule has 3 aromatic heterocycles. The average molecular weight is 425 g/mol. The van der Waals surface area contributed by atoms with E-state index in [1.54, 1.807) is 30.3 Å². The van der Waals surface area contributed by atoms with Gasteiger partial charge in [-0.05, 0) is 47.9 Å². The van der Waals surface area contributed by atoms with Gasteiger partial charge in [0.1, 0.15) is 22.7 Å². The largest absolute Gasteiger partial charge is 0.506 e. The molecule has 1 aromatic carbocycles. The fourth-order valence-electron chi connectivity index (χ4n) is 3.81. The maximum Gasteiger partial charge on any atom is 0.417 e. The lowest BCUT2D eigenvalue weighted by Gasteiger charge is -2.13. The lowest BCUT2D eigenvalue weighted by atomic mass is 9.95. The second-order valence-corrected chi connectivity index (χ2v) is 7.12. The number of ketones is 1. The first-order valence-electron chi connectivity index (χ1n) is 9.45. The Hall–Kier alpha value is -3.81. The van der Waals surface area contributed by atoms with Gasteiger partial charge in [0.25, 0.3) is 0 Å². The van der Waals surface area contributed by atoms with Gasteiger partial charge in [-0.25, -0.2) is 4.98 Å². The van der Waals surface area contributed by atoms with E-state index in [0.717, 1.165) is 17.7 Å². The maximum absolute atomic E-state index is 13.1. The Morgan fingerprint density at radius 3 is 2.42 bits per heavy atom. The Morgan fingerprint density at radius 1 is 1.06 bits per heavy atom. The zero-order valence-electron chi connectivity index (χ0n) is 16.1. The number of carbonyl (C=O) groups excluding carboxylic acids is 1. The number of rotatable bonds is 4. The molecule has 0 amide bonds. The van der Waals surface area contributed by atoms with Gasteiger partial charge in [-0.2, -0.15) is 13.2 Å². The molecule has 3 heterocycles. The number of hydrogen-bond acceptors (Lipinski definition) is 5. The number of furan rings is 2. The summed E-state index contributed by atoms with van der Waals surface area (Å²) in [5.41, 5.74) is 2.13. The Kier molecular flexibility index (Phi) is 4.08. The number of Topliss-reactive ketones (excluding diaryl/α,β-unsaturated/α-hetero) is 1. The van der Waals surface area contributed by atoms with Crippen molar-refractivity contribution in [3.63, 3.8) is 0 Å². The average Bonchev–Trinajstić information content (AvgIpc) is 3.41. The fraction of sp³-hybridized carbons (Fsp3) is 0.130. The van der Waals surface area contributed by atoms with Crippen LogP contribution in [0.3, 0.4) is 0 Å². The third kappa shape index (κ3) is 2.94. The number of aryl methyl sites for hydroxylation is 1. The highest BCUT2D eigenvalue weighted by Crippen LogP contribution is 2.45. The van der Waals surface area contributed by atoms with Crippen LogP contribution in [0.25, 0.3) is 22.5 Å². The number of alkyl halides is 3. The molecule has 2 bridgehead atoms. The number of fused-ring (bicyclic) bond motifs is 5. The minimum Gasteiger partial charge on any atom is -0.506 e. The lowest BCUT2D eigenvalue weighted by Crippen LogP contribution is -2.05. The summed E-state index contributed by atoms with van der Waals surface area (Å²) in [5, 5.41) is 10.8. The third-order valence-corrected chi connectivity index (χ3v) is 5.29. The molecule has 5 nitrogen and oxygen atoms in total. The molecule has 0 fully saturated rings. The summed E-state index contributed by atoms with van der Waals surface area (Å²) in [6.45, 7) is 1.91. The first-order valence-corrected chi connectivity index (χ1v) is 9.45. The zero-order chi connectivity index (χ0) is 21.9. The van der Waals surface area contributed by atoms with Crippen molar-refractivity contribution in [2.24, 2.45) is 0 Å². The molecule has 0 atom stereocenters. The molecule has 31 heavy (non-hydrogen) atoms. The Morgan fingerprint density at radius 2 is 1.81 bits per heavy atom. The predicted molar refractivity (Wildman–Crippen MR) is 106 cm³/mol. The molecule has 0 spiro atoms. The normalized spacial score (nSPS) is 14.0. The number of hydrogen-bond donors (Lipinski definition) is 1. The van der Waals surface area contributed by atoms with E-state index in [1.807, 2.05) is 6.92 Å². The van der Waals surface area contributed by atoms with Crippen LogP contribution in [0.5, 0.6) is 11.6 Å². The number of pyridine rings is 1. The number of halogens is 3. The number of allylic oxidation sites excluding steroid dienone is 1. The molecule has 4 aromatic rings. The molecular weight excluding hydrogens is 411 g/mol. The highest BCUT2D eigenvalue weighted by atomic mass is 19.4. The van der Waals surface area contributed by atoms with E-state index in [-0.39, 0.29) is 28.7 Å². The second kappa shape index (κ2) is 6.60. The van der Waals surface area contributed by atoms with Crippen LogP contribution in [0.1, 0.15) is 39.5 Å². The number of nitrogens with zero attached hydrogens (tertiary/aromatic N) is 1. The van der Waals surface area contributed by atoms with Crippen LogP contribution in [0.2, 0.25) is 0 Å². The van der Waals surface area contributed by atoms with Crippen molar-refractivity contribution < 1.29 is 32.2 Å². The summed E-state index contributed by atoms with van der Waals surface area (Å²) in [4.78, 5) is 16.8. The SMILES string of the molecule is CCc1ccc(Oc2ccc(C(F)(F)F)cn2)cc1C1=C(O)c2c(c3ccc2o3)C1=O. The molecule has 1 N–H and O–H groups in total. The Balaban J connectivity index is 1.53. The van der Waals surface area contributed by atoms with Gasteiger partial charge in [0.2, 0.25) is 11.7 Å². The number of aliphatic hydroxyl groups is 1. The van der Waals surface area contributed by atoms with Gasteiger partial charge in [-0.1, -0.05) is 13.0 Å². The highest BCUT2D eigenvalue weighted by Gasteiger charge is 2.38. The van der Waals surface area contributed by atoms with E-state index < -0.39 is 11.7 Å². The van der Waals surface area contributed by atoms with Crippen LogP contribution < -0.4 is 4.74 Å². The van der Waals surface area contributed by atoms with Crippen molar-refractivity contribution in [2.75, 3.05) is 0 Å². The predicted octanol–water partition coefficient (Wildman–Crippen LogP) is 6.26. The topological polar surface area (TPSA) is 72.6 Å². The quantitative estimate of drug-likeness (QED) is 0.418. The molecule has 0 radical (unpaired) electrons. The van der Waals surface area contributed by atoms with Crippen LogP contribution in [-0.2, 0) is 12.6 Å². The molecule has 1 aliphatic rings. The fourth-order valence-corrected chi connectivity index (χ4v) is 3.81. The first kappa shape index (κ1) is 19.2. The minimum absolute atomic E-state index is 0.0264. The van der Waals surface area contributed by atoms with Gasteiger partial charge in [0, 0.05) is 12.3 Å². The van der Waals surface area contributed by atoms with E-state index in [1.165, 1.54) is 0 Å². The number of aliphatic hydroxyl groups excluding tert-OH is 1. The summed E-state index contributed by atoms with van der Waals surface area (Å²) in [7, 11) is 0. The standard InChI is InChI=1S/C23H14F3NO4/c1-2-11-3-5-13(30-17-8-4-12(10-27-17)23(24,25)26)9-14(11)18-21(28)19-15-6-7-16(31-15)20(19)22(18)29/h3-10,28H,2H2,1H3. The van der Waals surface area contributed by atoms with E-state index in [0.29, 0.717) is 40.5 Å². The van der Waals surface area contributed by atoms with E-state index in [2.05, 4.69) is 4.98 Å². The van der Waals surface area contributed by atoms with Crippen LogP contribution in [0.15, 0.2) is 53.1 Å². The summed E-state index contributed by atoms with van der Waals surface area (Å²) < 4.78 is 49.3. The molecule has 8 heteroatoms. The second-order valence-electron chi connectivity index (χ2n) is 7.12. The molecule has 0 aliphatic heterocycles. The van der Waals surface area contributed by atoms with Crippen molar-refractivity contribution in [3.05, 3.63) is 76.5 Å². The van der Waals surface area contributed by atoms with Crippen LogP contribution in [0, 0.1) is 0 Å². The summed E-state index contributed by atoms with van der Waals surface area (Å²) in [5.74, 6) is -0.256. The van der Waals surface area contributed by atoms with Crippen molar-refractivity contribution in [1.82, 2.24) is 4.98 Å². The van der Waals surface area contributed by atoms with Crippen LogP contribution >= 0.6 is 0 Å². The molecule has 156 valence electrons. The summed E-state index contributed by atoms with van der Waals surface area (Å²) in [6, 6.07) is 10.3. The zero-order valence-corrected chi connectivity index (χ0v) is 16.1. The lowest BCUT2D eigenvalue weighted by molar-refractivity contribution is -0.137. The van der Waals surface area contributed by atoms with E-state index >= 15 is 0 Å². The number of benzene rings is 2. The number of ether oxygens (including phenoxy) is 1. The Bertz CT molecular complexity index is 1350. The molecule has 0 unspecified atom stereocenters. The van der Waals surface area contributed by atoms with E-state index in [9.17, 15) is 23.1 Å². The molecular formula is C23H14F3NO4. The van der Waals surface area contributed by atoms with Crippen LogP contribution in [-0.4, -0.2) is 15.9 Å². The molecule has 5 rings (SSSR count). The van der Waals surface area contributed by atoms with Crippen molar-refractivity contribution >= 4 is 28.3 Å². The van der Waals surface area contributed by atoms with Crippen molar-refractivity contribution in [1.29, 1.82) is 0 Å². The van der Waals surface area contributed by atoms with Gasteiger partial charge < -0.3 is 14.3 Å². The maximum atomic E-state index is 13.1. The molecule has 0 saturated carbocycles. The third-order valence-electron chi connectivity index (χ3n) is 5.29. The molecule has 1 aliphatic carbocycles. The van der Waals surface area contributed by atoms with Crippen LogP contribution in [0.4, 0.5) is 13.2 Å². The van der Waals surface area contributed by atoms with Crippen molar-refractivity contribution in [2.45, 2.75) is 19.5 Å². The summed E-state index contributed by atoms with van der Waals surface area (Å²) in [6.07, 6.45) is -3.21. The van der Waals surface area contributed by atoms with Gasteiger partial charge in [0.15, 0.2) is 0 Å². The number of aromatic nitrogens is 1. The number of carbonyl (C=O) groups is 1. The first-order chi connectivity index (χ1) is 14.8. The summed E-state index contributed by atoms with van der Waals surface area (Å²) >= 11 is 0. The Labute approximate surface area is 173 Å².